The normalized spacial score (nSPS) is 11.0. The van der Waals surface area contributed by atoms with E-state index in [1.807, 2.05) is 61.0 Å². The second-order valence-corrected chi connectivity index (χ2v) is 7.23. The van der Waals surface area contributed by atoms with Crippen molar-refractivity contribution >= 4 is 23.1 Å². The Morgan fingerprint density at radius 2 is 1.90 bits per heavy atom. The molecule has 0 saturated heterocycles. The van der Waals surface area contributed by atoms with E-state index in [-0.39, 0.29) is 6.10 Å². The van der Waals surface area contributed by atoms with Crippen molar-refractivity contribution in [3.8, 4) is 22.8 Å². The zero-order valence-electron chi connectivity index (χ0n) is 17.5. The van der Waals surface area contributed by atoms with Gasteiger partial charge in [0.1, 0.15) is 0 Å². The van der Waals surface area contributed by atoms with Crippen LogP contribution < -0.4 is 20.5 Å². The van der Waals surface area contributed by atoms with Gasteiger partial charge in [0, 0.05) is 41.5 Å². The van der Waals surface area contributed by atoms with Crippen molar-refractivity contribution in [3.63, 3.8) is 0 Å². The minimum absolute atomic E-state index is 0.0385. The molecule has 0 aliphatic rings. The van der Waals surface area contributed by atoms with Crippen LogP contribution in [0.3, 0.4) is 0 Å². The minimum Gasteiger partial charge on any atom is -0.493 e. The molecule has 31 heavy (non-hydrogen) atoms. The SMILES string of the molecule is COc1cc(Nc2nc(-c3ccc(C(N)=O)cc3)cn3ccnc23)ccc1OC(C)C. The highest BCUT2D eigenvalue weighted by molar-refractivity contribution is 5.93. The lowest BCUT2D eigenvalue weighted by molar-refractivity contribution is 0.100. The minimum atomic E-state index is -0.467. The molecule has 2 aromatic carbocycles. The predicted octanol–water partition coefficient (Wildman–Crippen LogP) is 4.03. The maximum Gasteiger partial charge on any atom is 0.248 e. The number of nitrogens with two attached hydrogens (primary N) is 1. The number of hydrogen-bond acceptors (Lipinski definition) is 6. The molecule has 2 aromatic heterocycles. The predicted molar refractivity (Wildman–Crippen MR) is 119 cm³/mol. The number of methoxy groups -OCH3 is 1. The van der Waals surface area contributed by atoms with E-state index in [4.69, 9.17) is 20.2 Å². The first-order valence-corrected chi connectivity index (χ1v) is 9.80. The van der Waals surface area contributed by atoms with Gasteiger partial charge in [0.25, 0.3) is 0 Å². The zero-order valence-corrected chi connectivity index (χ0v) is 17.5. The summed E-state index contributed by atoms with van der Waals surface area (Å²) in [4.78, 5) is 20.5. The van der Waals surface area contributed by atoms with Gasteiger partial charge in [0.2, 0.25) is 5.91 Å². The number of primary amides is 1. The van der Waals surface area contributed by atoms with Gasteiger partial charge in [-0.15, -0.1) is 0 Å². The van der Waals surface area contributed by atoms with Crippen molar-refractivity contribution in [3.05, 3.63) is 66.6 Å². The lowest BCUT2D eigenvalue weighted by Crippen LogP contribution is -2.10. The Kier molecular flexibility index (Phi) is 5.44. The number of anilines is 2. The number of nitrogens with zero attached hydrogens (tertiary/aromatic N) is 3. The lowest BCUT2D eigenvalue weighted by Gasteiger charge is -2.15. The Hall–Kier alpha value is -4.07. The van der Waals surface area contributed by atoms with E-state index in [0.29, 0.717) is 28.5 Å². The Labute approximate surface area is 179 Å². The smallest absolute Gasteiger partial charge is 0.248 e. The van der Waals surface area contributed by atoms with Gasteiger partial charge < -0.3 is 24.9 Å². The third kappa shape index (κ3) is 4.28. The molecule has 0 saturated carbocycles. The van der Waals surface area contributed by atoms with Crippen molar-refractivity contribution in [2.45, 2.75) is 20.0 Å². The topological polar surface area (TPSA) is 104 Å². The van der Waals surface area contributed by atoms with Gasteiger partial charge in [-0.2, -0.15) is 0 Å². The average molecular weight is 417 g/mol. The van der Waals surface area contributed by atoms with E-state index in [0.717, 1.165) is 16.9 Å². The summed E-state index contributed by atoms with van der Waals surface area (Å²) >= 11 is 0. The van der Waals surface area contributed by atoms with E-state index >= 15 is 0 Å². The molecule has 0 bridgehead atoms. The molecule has 0 aliphatic carbocycles. The van der Waals surface area contributed by atoms with Crippen LogP contribution in [0.15, 0.2) is 61.1 Å². The first-order valence-electron chi connectivity index (χ1n) is 9.80. The first-order chi connectivity index (χ1) is 14.9. The fraction of sp³-hybridized carbons (Fsp3) is 0.174. The number of carbonyl (C=O) groups is 1. The van der Waals surface area contributed by atoms with Crippen LogP contribution in [-0.4, -0.2) is 33.5 Å². The number of carbonyl (C=O) groups excluding carboxylic acids is 1. The summed E-state index contributed by atoms with van der Waals surface area (Å²) < 4.78 is 13.2. The molecule has 3 N–H and O–H groups in total. The highest BCUT2D eigenvalue weighted by Gasteiger charge is 2.13. The standard InChI is InChI=1S/C23H23N5O3/c1-14(2)31-19-9-8-17(12-20(19)30-3)26-22-23-25-10-11-28(23)13-18(27-22)15-4-6-16(7-5-15)21(24)29/h4-14H,1-3H3,(H2,24,29)(H,26,27). The van der Waals surface area contributed by atoms with Crippen LogP contribution >= 0.6 is 0 Å². The Morgan fingerprint density at radius 3 is 2.58 bits per heavy atom. The highest BCUT2D eigenvalue weighted by atomic mass is 16.5. The summed E-state index contributed by atoms with van der Waals surface area (Å²) in [5, 5.41) is 3.32. The molecule has 0 aliphatic heterocycles. The average Bonchev–Trinajstić information content (AvgIpc) is 3.23. The Bertz CT molecular complexity index is 1230. The number of ether oxygens (including phenoxy) is 2. The number of nitrogens with one attached hydrogen (secondary N) is 1. The van der Waals surface area contributed by atoms with Crippen molar-refractivity contribution in [2.24, 2.45) is 5.73 Å². The molecule has 0 spiro atoms. The van der Waals surface area contributed by atoms with E-state index in [1.54, 1.807) is 25.4 Å². The molecule has 158 valence electrons. The van der Waals surface area contributed by atoms with Crippen LogP contribution in [0.1, 0.15) is 24.2 Å². The third-order valence-electron chi connectivity index (χ3n) is 4.63. The monoisotopic (exact) mass is 417 g/mol. The number of benzene rings is 2. The summed E-state index contributed by atoms with van der Waals surface area (Å²) in [5.74, 6) is 1.41. The zero-order chi connectivity index (χ0) is 22.0. The number of amides is 1. The van der Waals surface area contributed by atoms with Crippen LogP contribution in [-0.2, 0) is 0 Å². The highest BCUT2D eigenvalue weighted by Crippen LogP contribution is 2.33. The van der Waals surface area contributed by atoms with Crippen LogP contribution in [0.25, 0.3) is 16.9 Å². The molecule has 0 unspecified atom stereocenters. The van der Waals surface area contributed by atoms with Gasteiger partial charge in [0.15, 0.2) is 23.0 Å². The van der Waals surface area contributed by atoms with E-state index < -0.39 is 5.91 Å². The third-order valence-corrected chi connectivity index (χ3v) is 4.63. The number of rotatable bonds is 7. The summed E-state index contributed by atoms with van der Waals surface area (Å²) in [6.07, 6.45) is 5.48. The molecule has 0 atom stereocenters. The molecular weight excluding hydrogens is 394 g/mol. The number of imidazole rings is 1. The summed E-state index contributed by atoms with van der Waals surface area (Å²) in [5.41, 5.74) is 8.81. The maximum absolute atomic E-state index is 11.3. The molecule has 8 heteroatoms. The van der Waals surface area contributed by atoms with Gasteiger partial charge in [-0.25, -0.2) is 9.97 Å². The van der Waals surface area contributed by atoms with Crippen molar-refractivity contribution < 1.29 is 14.3 Å². The molecular formula is C23H23N5O3. The van der Waals surface area contributed by atoms with E-state index in [2.05, 4.69) is 10.3 Å². The van der Waals surface area contributed by atoms with Crippen LogP contribution in [0, 0.1) is 0 Å². The molecule has 2 heterocycles. The van der Waals surface area contributed by atoms with E-state index in [9.17, 15) is 4.79 Å². The molecule has 4 aromatic rings. The van der Waals surface area contributed by atoms with Gasteiger partial charge in [-0.05, 0) is 38.1 Å². The van der Waals surface area contributed by atoms with Crippen molar-refractivity contribution in [1.29, 1.82) is 0 Å². The van der Waals surface area contributed by atoms with Crippen LogP contribution in [0.4, 0.5) is 11.5 Å². The number of hydrogen-bond donors (Lipinski definition) is 2. The van der Waals surface area contributed by atoms with Crippen LogP contribution in [0.5, 0.6) is 11.5 Å². The van der Waals surface area contributed by atoms with Gasteiger partial charge in [0.05, 0.1) is 18.9 Å². The fourth-order valence-electron chi connectivity index (χ4n) is 3.19. The fourth-order valence-corrected chi connectivity index (χ4v) is 3.19. The van der Waals surface area contributed by atoms with Gasteiger partial charge in [-0.1, -0.05) is 12.1 Å². The Morgan fingerprint density at radius 1 is 1.13 bits per heavy atom. The van der Waals surface area contributed by atoms with Crippen LogP contribution in [0.2, 0.25) is 0 Å². The summed E-state index contributed by atoms with van der Waals surface area (Å²) in [6.45, 7) is 3.93. The molecule has 8 nitrogen and oxygen atoms in total. The number of aromatic nitrogens is 3. The molecule has 4 rings (SSSR count). The van der Waals surface area contributed by atoms with Crippen molar-refractivity contribution in [1.82, 2.24) is 14.4 Å². The quantitative estimate of drug-likeness (QED) is 0.470. The largest absolute Gasteiger partial charge is 0.493 e. The maximum atomic E-state index is 11.3. The summed E-state index contributed by atoms with van der Waals surface area (Å²) in [7, 11) is 1.60. The second-order valence-electron chi connectivity index (χ2n) is 7.23. The molecule has 1 amide bonds. The second kappa shape index (κ2) is 8.35. The Balaban J connectivity index is 1.71. The lowest BCUT2D eigenvalue weighted by atomic mass is 10.1. The van der Waals surface area contributed by atoms with E-state index in [1.165, 1.54) is 0 Å². The van der Waals surface area contributed by atoms with Gasteiger partial charge >= 0.3 is 0 Å². The number of fused-ring (bicyclic) bond motifs is 1. The van der Waals surface area contributed by atoms with Crippen molar-refractivity contribution in [2.75, 3.05) is 12.4 Å². The first kappa shape index (κ1) is 20.2. The molecule has 0 radical (unpaired) electrons. The van der Waals surface area contributed by atoms with Gasteiger partial charge in [-0.3, -0.25) is 4.79 Å². The summed E-state index contributed by atoms with van der Waals surface area (Å²) in [6, 6.07) is 12.6. The molecule has 0 fully saturated rings.